The van der Waals surface area contributed by atoms with E-state index in [-0.39, 0.29) is 30.3 Å². The summed E-state index contributed by atoms with van der Waals surface area (Å²) in [6, 6.07) is 10.3. The van der Waals surface area contributed by atoms with Crippen molar-refractivity contribution in [3.63, 3.8) is 0 Å². The second kappa shape index (κ2) is 8.38. The van der Waals surface area contributed by atoms with E-state index in [1.54, 1.807) is 41.3 Å². The van der Waals surface area contributed by atoms with Crippen molar-refractivity contribution in [2.45, 2.75) is 26.8 Å². The number of hydrogen-bond donors (Lipinski definition) is 2. The normalized spacial score (nSPS) is 14.0. The molecular formula is C18H20Cl2N4O2. The van der Waals surface area contributed by atoms with Crippen molar-refractivity contribution in [3.8, 4) is 0 Å². The number of nitrogens with one attached hydrogen (secondary N) is 2. The molecule has 0 unspecified atom stereocenters. The van der Waals surface area contributed by atoms with Crippen molar-refractivity contribution >= 4 is 53.1 Å². The lowest BCUT2D eigenvalue weighted by Crippen LogP contribution is -2.41. The van der Waals surface area contributed by atoms with Crippen molar-refractivity contribution in [1.29, 1.82) is 0 Å². The zero-order valence-electron chi connectivity index (χ0n) is 14.5. The topological polar surface area (TPSA) is 74.3 Å². The van der Waals surface area contributed by atoms with E-state index >= 15 is 0 Å². The third-order valence-electron chi connectivity index (χ3n) is 4.20. The van der Waals surface area contributed by atoms with E-state index in [2.05, 4.69) is 15.6 Å². The Labute approximate surface area is 163 Å². The Morgan fingerprint density at radius 2 is 2.00 bits per heavy atom. The molecule has 0 fully saturated rings. The van der Waals surface area contributed by atoms with E-state index in [4.69, 9.17) is 11.6 Å². The fraction of sp³-hybridized carbons (Fsp3) is 0.278. The number of fused-ring (bicyclic) bond motifs is 1. The van der Waals surface area contributed by atoms with Gasteiger partial charge in [0, 0.05) is 10.9 Å². The van der Waals surface area contributed by atoms with Crippen molar-refractivity contribution in [2.75, 3.05) is 10.2 Å². The molecule has 1 aromatic carbocycles. The molecule has 0 saturated heterocycles. The number of nitrogens with zero attached hydrogens (tertiary/aromatic N) is 2. The van der Waals surface area contributed by atoms with Crippen LogP contribution in [0.5, 0.6) is 0 Å². The number of carbonyl (C=O) groups excluding carboxylic acids is 2. The maximum atomic E-state index is 12.3. The minimum atomic E-state index is -0.229. The fourth-order valence-corrected chi connectivity index (χ4v) is 2.65. The van der Waals surface area contributed by atoms with Gasteiger partial charge in [-0.25, -0.2) is 9.78 Å². The number of hydrogen-bond acceptors (Lipinski definition) is 3. The molecule has 0 aliphatic carbocycles. The minimum Gasteiger partial charge on any atom is -0.332 e. The monoisotopic (exact) mass is 394 g/mol. The molecule has 2 heterocycles. The maximum absolute atomic E-state index is 12.3. The molecule has 8 heteroatoms. The molecule has 3 amide bonds. The van der Waals surface area contributed by atoms with Gasteiger partial charge in [0.2, 0.25) is 5.91 Å². The molecule has 26 heavy (non-hydrogen) atoms. The number of urea groups is 1. The molecule has 3 rings (SSSR count). The lowest BCUT2D eigenvalue weighted by atomic mass is 10.1. The minimum absolute atomic E-state index is 0. The van der Waals surface area contributed by atoms with Gasteiger partial charge in [0.05, 0.1) is 23.6 Å². The van der Waals surface area contributed by atoms with Gasteiger partial charge in [-0.3, -0.25) is 9.69 Å². The van der Waals surface area contributed by atoms with Gasteiger partial charge in [-0.15, -0.1) is 12.4 Å². The predicted octanol–water partition coefficient (Wildman–Crippen LogP) is 4.50. The van der Waals surface area contributed by atoms with Gasteiger partial charge >= 0.3 is 6.03 Å². The van der Waals surface area contributed by atoms with Crippen LogP contribution in [0, 0.1) is 5.92 Å². The largest absolute Gasteiger partial charge is 0.332 e. The number of halogens is 2. The van der Waals surface area contributed by atoms with Crippen molar-refractivity contribution in [2.24, 2.45) is 5.92 Å². The number of rotatable bonds is 4. The number of anilines is 3. The number of pyridine rings is 1. The molecule has 1 aromatic heterocycles. The van der Waals surface area contributed by atoms with Crippen LogP contribution in [0.1, 0.15) is 26.0 Å². The highest BCUT2D eigenvalue weighted by Crippen LogP contribution is 2.32. The van der Waals surface area contributed by atoms with E-state index in [0.29, 0.717) is 34.5 Å². The summed E-state index contributed by atoms with van der Waals surface area (Å²) in [5.74, 6) is 0.337. The first kappa shape index (κ1) is 20.0. The Hall–Kier alpha value is -2.31. The Morgan fingerprint density at radius 1 is 1.31 bits per heavy atom. The SMILES string of the molecule is CC[C@@H](C)C(=O)Nc1ccc2c(n1)CNC(=O)N2c1ccc(Cl)cc1.Cl. The second-order valence-corrected chi connectivity index (χ2v) is 6.37. The zero-order chi connectivity index (χ0) is 18.0. The molecule has 2 N–H and O–H groups in total. The summed E-state index contributed by atoms with van der Waals surface area (Å²) in [6.45, 7) is 4.14. The molecule has 0 saturated carbocycles. The third kappa shape index (κ3) is 4.08. The Morgan fingerprint density at radius 3 is 2.65 bits per heavy atom. The highest BCUT2D eigenvalue weighted by Gasteiger charge is 2.26. The van der Waals surface area contributed by atoms with Gasteiger partial charge in [0.1, 0.15) is 5.82 Å². The lowest BCUT2D eigenvalue weighted by molar-refractivity contribution is -0.119. The molecule has 6 nitrogen and oxygen atoms in total. The first-order chi connectivity index (χ1) is 12.0. The van der Waals surface area contributed by atoms with E-state index in [1.165, 1.54) is 0 Å². The number of benzene rings is 1. The fourth-order valence-electron chi connectivity index (χ4n) is 2.53. The van der Waals surface area contributed by atoms with E-state index in [0.717, 1.165) is 6.42 Å². The summed E-state index contributed by atoms with van der Waals surface area (Å²) in [6.07, 6.45) is 0.761. The van der Waals surface area contributed by atoms with Crippen molar-refractivity contribution < 1.29 is 9.59 Å². The number of amides is 3. The quantitative estimate of drug-likeness (QED) is 0.801. The first-order valence-electron chi connectivity index (χ1n) is 8.14. The molecular weight excluding hydrogens is 375 g/mol. The Balaban J connectivity index is 0.00000243. The van der Waals surface area contributed by atoms with E-state index < -0.39 is 0 Å². The Kier molecular flexibility index (Phi) is 6.45. The molecule has 1 aliphatic heterocycles. The summed E-state index contributed by atoms with van der Waals surface area (Å²) in [5, 5.41) is 6.21. The molecule has 1 atom stereocenters. The van der Waals surface area contributed by atoms with Crippen LogP contribution in [0.4, 0.5) is 22.0 Å². The molecule has 0 spiro atoms. The number of carbonyl (C=O) groups is 2. The van der Waals surface area contributed by atoms with Gasteiger partial charge in [0.15, 0.2) is 0 Å². The summed E-state index contributed by atoms with van der Waals surface area (Å²) < 4.78 is 0. The van der Waals surface area contributed by atoms with E-state index in [9.17, 15) is 9.59 Å². The molecule has 0 bridgehead atoms. The molecule has 2 aromatic rings. The Bertz CT molecular complexity index is 811. The van der Waals surface area contributed by atoms with Crippen LogP contribution >= 0.6 is 24.0 Å². The average molecular weight is 395 g/mol. The summed E-state index contributed by atoms with van der Waals surface area (Å²) in [7, 11) is 0. The summed E-state index contributed by atoms with van der Waals surface area (Å²) in [5.41, 5.74) is 2.07. The highest BCUT2D eigenvalue weighted by molar-refractivity contribution is 6.30. The lowest BCUT2D eigenvalue weighted by Gasteiger charge is -2.29. The second-order valence-electron chi connectivity index (χ2n) is 5.93. The first-order valence-corrected chi connectivity index (χ1v) is 8.51. The third-order valence-corrected chi connectivity index (χ3v) is 4.45. The van der Waals surface area contributed by atoms with Gasteiger partial charge in [0.25, 0.3) is 0 Å². The van der Waals surface area contributed by atoms with Crippen LogP contribution < -0.4 is 15.5 Å². The van der Waals surface area contributed by atoms with Gasteiger partial charge in [-0.1, -0.05) is 25.4 Å². The average Bonchev–Trinajstić information content (AvgIpc) is 2.62. The van der Waals surface area contributed by atoms with Gasteiger partial charge in [-0.05, 0) is 42.8 Å². The smallest absolute Gasteiger partial charge is 0.326 e. The summed E-state index contributed by atoms with van der Waals surface area (Å²) in [4.78, 5) is 30.4. The zero-order valence-corrected chi connectivity index (χ0v) is 16.0. The molecule has 138 valence electrons. The van der Waals surface area contributed by atoms with Crippen LogP contribution in [-0.4, -0.2) is 16.9 Å². The van der Waals surface area contributed by atoms with Crippen LogP contribution in [0.15, 0.2) is 36.4 Å². The van der Waals surface area contributed by atoms with Crippen LogP contribution in [-0.2, 0) is 11.3 Å². The summed E-state index contributed by atoms with van der Waals surface area (Å²) >= 11 is 5.92. The van der Waals surface area contributed by atoms with Gasteiger partial charge < -0.3 is 10.6 Å². The van der Waals surface area contributed by atoms with E-state index in [1.807, 2.05) is 13.8 Å². The van der Waals surface area contributed by atoms with Crippen molar-refractivity contribution in [1.82, 2.24) is 10.3 Å². The molecule has 0 radical (unpaired) electrons. The number of aromatic nitrogens is 1. The van der Waals surface area contributed by atoms with Crippen molar-refractivity contribution in [3.05, 3.63) is 47.1 Å². The highest BCUT2D eigenvalue weighted by atomic mass is 35.5. The van der Waals surface area contributed by atoms with Crippen LogP contribution in [0.25, 0.3) is 0 Å². The van der Waals surface area contributed by atoms with Crippen LogP contribution in [0.2, 0.25) is 5.02 Å². The molecule has 1 aliphatic rings. The maximum Gasteiger partial charge on any atom is 0.326 e. The standard InChI is InChI=1S/C18H19ClN4O2.ClH/c1-3-11(2)17(24)22-16-9-8-15-14(21-16)10-20-18(25)23(15)13-6-4-12(19)5-7-13;/h4-9,11H,3,10H2,1-2H3,(H,20,25)(H,21,22,24);1H/t11-;/m1./s1. The van der Waals surface area contributed by atoms with Crippen LogP contribution in [0.3, 0.4) is 0 Å². The van der Waals surface area contributed by atoms with Gasteiger partial charge in [-0.2, -0.15) is 0 Å². The predicted molar refractivity (Wildman–Crippen MR) is 105 cm³/mol.